The number of rotatable bonds is 5. The van der Waals surface area contributed by atoms with Crippen LogP contribution in [0.1, 0.15) is 55.3 Å². The van der Waals surface area contributed by atoms with Crippen LogP contribution in [0.5, 0.6) is 0 Å². The number of alkyl halides is 3. The molecule has 27 heavy (non-hydrogen) atoms. The van der Waals surface area contributed by atoms with Gasteiger partial charge in [0.15, 0.2) is 0 Å². The van der Waals surface area contributed by atoms with Crippen molar-refractivity contribution in [3.63, 3.8) is 0 Å². The summed E-state index contributed by atoms with van der Waals surface area (Å²) < 4.78 is 39.1. The van der Waals surface area contributed by atoms with Crippen molar-refractivity contribution in [2.24, 2.45) is 11.1 Å². The largest absolute Gasteiger partial charge is 0.394 e. The zero-order chi connectivity index (χ0) is 19.4. The van der Waals surface area contributed by atoms with Crippen molar-refractivity contribution in [2.45, 2.75) is 68.8 Å². The van der Waals surface area contributed by atoms with Gasteiger partial charge in [-0.3, -0.25) is 4.79 Å². The Kier molecular flexibility index (Phi) is 4.03. The van der Waals surface area contributed by atoms with Crippen LogP contribution in [0.15, 0.2) is 6.20 Å². The third-order valence-electron chi connectivity index (χ3n) is 6.10. The van der Waals surface area contributed by atoms with E-state index in [9.17, 15) is 23.1 Å². The number of amides is 1. The molecule has 0 spiro atoms. The molecule has 1 heterocycles. The first-order valence-corrected chi connectivity index (χ1v) is 9.08. The molecule has 4 aliphatic rings. The van der Waals surface area contributed by atoms with Crippen LogP contribution in [0.4, 0.5) is 24.9 Å². The van der Waals surface area contributed by atoms with E-state index in [0.717, 1.165) is 12.8 Å². The van der Waals surface area contributed by atoms with E-state index < -0.39 is 23.0 Å². The van der Waals surface area contributed by atoms with Crippen LogP contribution in [-0.4, -0.2) is 44.8 Å². The first kappa shape index (κ1) is 18.3. The second-order valence-electron chi connectivity index (χ2n) is 8.18. The van der Waals surface area contributed by atoms with Gasteiger partial charge >= 0.3 is 6.18 Å². The standard InChI is InChI=1S/C17H22F3N5O2/c18-17(19,20)15-6-16(7-15,8-15)25-13-11(12(21)27)5-22-14(24-13)23-9-1-3-10(26)4-2-9/h5,9-10,26H,1-4,6-8H2,(H2,21,27)(H2,22,23,24,25)/t9-,10-,15?,16?. The lowest BCUT2D eigenvalue weighted by Crippen LogP contribution is -2.75. The summed E-state index contributed by atoms with van der Waals surface area (Å²) in [6.45, 7) is 0. The maximum Gasteiger partial charge on any atom is 0.394 e. The number of aliphatic hydroxyl groups is 1. The Balaban J connectivity index is 1.47. The van der Waals surface area contributed by atoms with Gasteiger partial charge in [0.1, 0.15) is 5.82 Å². The van der Waals surface area contributed by atoms with Gasteiger partial charge in [-0.2, -0.15) is 18.2 Å². The second kappa shape index (κ2) is 5.95. The van der Waals surface area contributed by atoms with Crippen LogP contribution in [0.2, 0.25) is 0 Å². The minimum absolute atomic E-state index is 0.0189. The van der Waals surface area contributed by atoms with Crippen LogP contribution in [0.3, 0.4) is 0 Å². The number of carbonyl (C=O) groups excluding carboxylic acids is 1. The van der Waals surface area contributed by atoms with Crippen LogP contribution >= 0.6 is 0 Å². The number of aliphatic hydroxyl groups excluding tert-OH is 1. The number of nitrogens with one attached hydrogen (secondary N) is 2. The molecule has 5 rings (SSSR count). The lowest BCUT2D eigenvalue weighted by molar-refractivity contribution is -0.327. The lowest BCUT2D eigenvalue weighted by Gasteiger charge is -2.70. The van der Waals surface area contributed by atoms with Gasteiger partial charge in [0.2, 0.25) is 5.95 Å². The minimum atomic E-state index is -4.20. The van der Waals surface area contributed by atoms with E-state index >= 15 is 0 Å². The predicted octanol–water partition coefficient (Wildman–Crippen LogP) is 2.19. The quantitative estimate of drug-likeness (QED) is 0.618. The number of nitrogens with zero attached hydrogens (tertiary/aromatic N) is 2. The molecule has 0 radical (unpaired) electrons. The van der Waals surface area contributed by atoms with Gasteiger partial charge in [-0.1, -0.05) is 0 Å². The third-order valence-corrected chi connectivity index (χ3v) is 6.10. The number of aromatic nitrogens is 2. The Morgan fingerprint density at radius 2 is 1.85 bits per heavy atom. The summed E-state index contributed by atoms with van der Waals surface area (Å²) in [6.07, 6.45) is -0.348. The van der Waals surface area contributed by atoms with Crippen molar-refractivity contribution in [1.82, 2.24) is 9.97 Å². The summed E-state index contributed by atoms with van der Waals surface area (Å²) in [7, 11) is 0. The van der Waals surface area contributed by atoms with Crippen molar-refractivity contribution in [3.8, 4) is 0 Å². The summed E-state index contributed by atoms with van der Waals surface area (Å²) in [5.74, 6) is -0.269. The highest BCUT2D eigenvalue weighted by Crippen LogP contribution is 2.74. The van der Waals surface area contributed by atoms with Crippen LogP contribution < -0.4 is 16.4 Å². The van der Waals surface area contributed by atoms with E-state index in [-0.39, 0.29) is 42.8 Å². The molecule has 1 aromatic rings. The SMILES string of the molecule is NC(=O)c1cnc(N[C@H]2CC[C@H](O)CC2)nc1NC12CC(C(F)(F)F)(C1)C2. The second-order valence-corrected chi connectivity index (χ2v) is 8.18. The summed E-state index contributed by atoms with van der Waals surface area (Å²) >= 11 is 0. The van der Waals surface area contributed by atoms with Crippen LogP contribution in [0, 0.1) is 5.41 Å². The molecule has 1 aromatic heterocycles. The van der Waals surface area contributed by atoms with Gasteiger partial charge in [-0.25, -0.2) is 4.98 Å². The molecule has 7 nitrogen and oxygen atoms in total. The predicted molar refractivity (Wildman–Crippen MR) is 91.1 cm³/mol. The van der Waals surface area contributed by atoms with Crippen molar-refractivity contribution < 1.29 is 23.1 Å². The van der Waals surface area contributed by atoms with E-state index in [4.69, 9.17) is 5.73 Å². The molecule has 4 aliphatic carbocycles. The third kappa shape index (κ3) is 3.09. The van der Waals surface area contributed by atoms with E-state index in [0.29, 0.717) is 18.8 Å². The van der Waals surface area contributed by atoms with Gasteiger partial charge in [0.05, 0.1) is 17.1 Å². The Hall–Kier alpha value is -2.10. The van der Waals surface area contributed by atoms with Crippen molar-refractivity contribution >= 4 is 17.7 Å². The molecular weight excluding hydrogens is 363 g/mol. The Labute approximate surface area is 153 Å². The molecule has 5 N–H and O–H groups in total. The van der Waals surface area contributed by atoms with Crippen molar-refractivity contribution in [1.29, 1.82) is 0 Å². The first-order valence-electron chi connectivity index (χ1n) is 9.08. The summed E-state index contributed by atoms with van der Waals surface area (Å²) in [6, 6.07) is 0.101. The Morgan fingerprint density at radius 1 is 1.22 bits per heavy atom. The van der Waals surface area contributed by atoms with Gasteiger partial charge in [0, 0.05) is 17.8 Å². The fourth-order valence-electron chi connectivity index (χ4n) is 4.60. The molecule has 0 aromatic carbocycles. The number of hydrogen-bond acceptors (Lipinski definition) is 6. The van der Waals surface area contributed by atoms with Gasteiger partial charge in [-0.15, -0.1) is 0 Å². The zero-order valence-electron chi connectivity index (χ0n) is 14.6. The van der Waals surface area contributed by atoms with Gasteiger partial charge < -0.3 is 21.5 Å². The Bertz CT molecular complexity index is 742. The Morgan fingerprint density at radius 3 is 2.41 bits per heavy atom. The topological polar surface area (TPSA) is 113 Å². The molecule has 1 amide bonds. The zero-order valence-corrected chi connectivity index (χ0v) is 14.6. The molecule has 10 heteroatoms. The number of primary amides is 1. The molecule has 4 saturated carbocycles. The van der Waals surface area contributed by atoms with E-state index in [1.54, 1.807) is 0 Å². The molecule has 0 aliphatic heterocycles. The van der Waals surface area contributed by atoms with Crippen LogP contribution in [0.25, 0.3) is 0 Å². The fraction of sp³-hybridized carbons (Fsp3) is 0.706. The monoisotopic (exact) mass is 385 g/mol. The van der Waals surface area contributed by atoms with Crippen molar-refractivity contribution in [3.05, 3.63) is 11.8 Å². The van der Waals surface area contributed by atoms with Gasteiger partial charge in [0.25, 0.3) is 5.91 Å². The van der Waals surface area contributed by atoms with E-state index in [1.807, 2.05) is 0 Å². The molecule has 148 valence electrons. The highest BCUT2D eigenvalue weighted by molar-refractivity contribution is 5.97. The highest BCUT2D eigenvalue weighted by atomic mass is 19.4. The average molecular weight is 385 g/mol. The number of halogens is 3. The lowest BCUT2D eigenvalue weighted by atomic mass is 9.39. The maximum atomic E-state index is 13.0. The molecule has 0 atom stereocenters. The first-order chi connectivity index (χ1) is 12.6. The minimum Gasteiger partial charge on any atom is -0.393 e. The highest BCUT2D eigenvalue weighted by Gasteiger charge is 2.78. The summed E-state index contributed by atoms with van der Waals surface area (Å²) in [5.41, 5.74) is 3.15. The van der Waals surface area contributed by atoms with Crippen LogP contribution in [-0.2, 0) is 0 Å². The molecular formula is C17H22F3N5O2. The number of carbonyl (C=O) groups is 1. The number of anilines is 2. The normalized spacial score (nSPS) is 35.0. The number of nitrogens with two attached hydrogens (primary N) is 1. The smallest absolute Gasteiger partial charge is 0.393 e. The molecule has 0 unspecified atom stereocenters. The van der Waals surface area contributed by atoms with Gasteiger partial charge in [-0.05, 0) is 44.9 Å². The van der Waals surface area contributed by atoms with Crippen molar-refractivity contribution in [2.75, 3.05) is 10.6 Å². The summed E-state index contributed by atoms with van der Waals surface area (Å²) in [5, 5.41) is 15.8. The summed E-state index contributed by atoms with van der Waals surface area (Å²) in [4.78, 5) is 20.1. The van der Waals surface area contributed by atoms with E-state index in [1.165, 1.54) is 6.20 Å². The molecule has 4 fully saturated rings. The fourth-order valence-corrected chi connectivity index (χ4v) is 4.60. The molecule has 2 bridgehead atoms. The molecule has 0 saturated heterocycles. The number of hydrogen-bond donors (Lipinski definition) is 4. The average Bonchev–Trinajstić information content (AvgIpc) is 2.50. The maximum absolute atomic E-state index is 13.0. The van der Waals surface area contributed by atoms with E-state index in [2.05, 4.69) is 20.6 Å².